The van der Waals surface area contributed by atoms with Crippen LogP contribution in [0.3, 0.4) is 0 Å². The normalized spacial score (nSPS) is 11.5. The maximum absolute atomic E-state index is 12.5. The summed E-state index contributed by atoms with van der Waals surface area (Å²) in [5.41, 5.74) is 1.23. The second-order valence-electron chi connectivity index (χ2n) is 5.14. The van der Waals surface area contributed by atoms with Gasteiger partial charge in [-0.25, -0.2) is 4.79 Å². The lowest BCUT2D eigenvalue weighted by molar-refractivity contribution is -0.137. The second-order valence-corrected chi connectivity index (χ2v) is 5.14. The fourth-order valence-corrected chi connectivity index (χ4v) is 2.24. The van der Waals surface area contributed by atoms with Crippen LogP contribution in [0.25, 0.3) is 10.9 Å². The molecule has 5 nitrogen and oxygen atoms in total. The molecule has 8 heteroatoms. The van der Waals surface area contributed by atoms with E-state index >= 15 is 0 Å². The molecular weight excluding hydrogens is 321 g/mol. The van der Waals surface area contributed by atoms with Gasteiger partial charge >= 0.3 is 12.2 Å². The number of urea groups is 1. The van der Waals surface area contributed by atoms with Crippen molar-refractivity contribution in [3.05, 3.63) is 59.8 Å². The van der Waals surface area contributed by atoms with E-state index in [1.165, 1.54) is 12.1 Å². The van der Waals surface area contributed by atoms with E-state index in [0.29, 0.717) is 11.3 Å². The molecule has 3 N–H and O–H groups in total. The molecule has 2 aromatic carbocycles. The number of amides is 2. The molecule has 1 heterocycles. The van der Waals surface area contributed by atoms with Gasteiger partial charge in [0.25, 0.3) is 0 Å². The molecule has 0 saturated carbocycles. The minimum Gasteiger partial charge on any atom is -0.334 e. The summed E-state index contributed by atoms with van der Waals surface area (Å²) in [6, 6.07) is 9.51. The van der Waals surface area contributed by atoms with Gasteiger partial charge in [0.2, 0.25) is 0 Å². The third-order valence-corrected chi connectivity index (χ3v) is 3.47. The van der Waals surface area contributed by atoms with Crippen LogP contribution in [0.4, 0.5) is 23.7 Å². The van der Waals surface area contributed by atoms with E-state index in [1.54, 1.807) is 18.3 Å². The highest BCUT2D eigenvalue weighted by molar-refractivity contribution is 6.00. The molecule has 124 valence electrons. The van der Waals surface area contributed by atoms with Gasteiger partial charge in [-0.15, -0.1) is 0 Å². The quantitative estimate of drug-likeness (QED) is 0.680. The molecule has 0 aliphatic carbocycles. The van der Waals surface area contributed by atoms with E-state index in [-0.39, 0.29) is 6.54 Å². The molecule has 3 aromatic rings. The maximum Gasteiger partial charge on any atom is 0.416 e. The van der Waals surface area contributed by atoms with Crippen LogP contribution in [0.2, 0.25) is 0 Å². The van der Waals surface area contributed by atoms with Crippen molar-refractivity contribution in [2.75, 3.05) is 5.32 Å². The van der Waals surface area contributed by atoms with E-state index in [4.69, 9.17) is 0 Å². The Morgan fingerprint density at radius 3 is 2.58 bits per heavy atom. The molecule has 0 unspecified atom stereocenters. The number of H-pyrrole nitrogens is 1. The Labute approximate surface area is 134 Å². The molecule has 0 spiro atoms. The molecule has 3 rings (SSSR count). The van der Waals surface area contributed by atoms with E-state index in [0.717, 1.165) is 23.0 Å². The van der Waals surface area contributed by atoms with E-state index in [1.807, 2.05) is 6.07 Å². The van der Waals surface area contributed by atoms with Gasteiger partial charge in [-0.1, -0.05) is 18.2 Å². The molecule has 0 saturated heterocycles. The topological polar surface area (TPSA) is 69.8 Å². The highest BCUT2D eigenvalue weighted by atomic mass is 19.4. The standard InChI is InChI=1S/C16H13F3N4O/c17-16(18,19)11-6-4-10(5-7-11)8-20-15(24)22-13-2-1-3-14-12(13)9-21-23-14/h1-7,9H,8H2,(H,21,23)(H2,20,22,24). The van der Waals surface area contributed by atoms with Gasteiger partial charge in [0.15, 0.2) is 0 Å². The zero-order valence-electron chi connectivity index (χ0n) is 12.3. The third-order valence-electron chi connectivity index (χ3n) is 3.47. The number of alkyl halides is 3. The SMILES string of the molecule is O=C(NCc1ccc(C(F)(F)F)cc1)Nc1cccc2[nH]ncc12. The van der Waals surface area contributed by atoms with Crippen molar-refractivity contribution >= 4 is 22.6 Å². The molecule has 0 aliphatic heterocycles. The van der Waals surface area contributed by atoms with Crippen molar-refractivity contribution in [1.82, 2.24) is 15.5 Å². The van der Waals surface area contributed by atoms with Crippen molar-refractivity contribution in [2.24, 2.45) is 0 Å². The Balaban J connectivity index is 1.61. The lowest BCUT2D eigenvalue weighted by Gasteiger charge is -2.10. The van der Waals surface area contributed by atoms with Crippen molar-refractivity contribution in [2.45, 2.75) is 12.7 Å². The first kappa shape index (κ1) is 15.9. The van der Waals surface area contributed by atoms with Gasteiger partial charge in [0, 0.05) is 11.9 Å². The number of carbonyl (C=O) groups excluding carboxylic acids is 1. The van der Waals surface area contributed by atoms with Crippen LogP contribution < -0.4 is 10.6 Å². The fraction of sp³-hybridized carbons (Fsp3) is 0.125. The Kier molecular flexibility index (Phi) is 4.11. The Morgan fingerprint density at radius 1 is 1.12 bits per heavy atom. The highest BCUT2D eigenvalue weighted by Gasteiger charge is 2.29. The van der Waals surface area contributed by atoms with Gasteiger partial charge in [0.1, 0.15) is 0 Å². The van der Waals surface area contributed by atoms with Gasteiger partial charge < -0.3 is 10.6 Å². The minimum atomic E-state index is -4.37. The van der Waals surface area contributed by atoms with E-state index in [2.05, 4.69) is 20.8 Å². The number of benzene rings is 2. The summed E-state index contributed by atoms with van der Waals surface area (Å²) in [5.74, 6) is 0. The minimum absolute atomic E-state index is 0.116. The predicted octanol–water partition coefficient (Wildman–Crippen LogP) is 3.90. The summed E-state index contributed by atoms with van der Waals surface area (Å²) in [6.45, 7) is 0.116. The van der Waals surface area contributed by atoms with Crippen molar-refractivity contribution in [3.63, 3.8) is 0 Å². The highest BCUT2D eigenvalue weighted by Crippen LogP contribution is 2.29. The van der Waals surface area contributed by atoms with Gasteiger partial charge in [-0.2, -0.15) is 18.3 Å². The number of anilines is 1. The summed E-state index contributed by atoms with van der Waals surface area (Å²) in [6.07, 6.45) is -2.77. The monoisotopic (exact) mass is 334 g/mol. The van der Waals surface area contributed by atoms with Crippen molar-refractivity contribution in [3.8, 4) is 0 Å². The number of hydrogen-bond acceptors (Lipinski definition) is 2. The summed E-state index contributed by atoms with van der Waals surface area (Å²) in [4.78, 5) is 11.9. The van der Waals surface area contributed by atoms with Crippen LogP contribution in [0.1, 0.15) is 11.1 Å². The summed E-state index contributed by atoms with van der Waals surface area (Å²) in [7, 11) is 0. The fourth-order valence-electron chi connectivity index (χ4n) is 2.24. The van der Waals surface area contributed by atoms with Crippen LogP contribution >= 0.6 is 0 Å². The number of nitrogens with zero attached hydrogens (tertiary/aromatic N) is 1. The van der Waals surface area contributed by atoms with E-state index < -0.39 is 17.8 Å². The smallest absolute Gasteiger partial charge is 0.334 e. The molecule has 0 bridgehead atoms. The first-order chi connectivity index (χ1) is 11.4. The maximum atomic E-state index is 12.5. The summed E-state index contributed by atoms with van der Waals surface area (Å²) < 4.78 is 37.5. The Morgan fingerprint density at radius 2 is 1.88 bits per heavy atom. The van der Waals surface area contributed by atoms with Crippen LogP contribution in [0.5, 0.6) is 0 Å². The number of fused-ring (bicyclic) bond motifs is 1. The van der Waals surface area contributed by atoms with Crippen LogP contribution in [-0.2, 0) is 12.7 Å². The number of nitrogens with one attached hydrogen (secondary N) is 3. The molecule has 0 atom stereocenters. The number of aromatic nitrogens is 2. The summed E-state index contributed by atoms with van der Waals surface area (Å²) in [5, 5.41) is 12.8. The van der Waals surface area contributed by atoms with Crippen LogP contribution in [0, 0.1) is 0 Å². The molecule has 0 fully saturated rings. The van der Waals surface area contributed by atoms with E-state index in [9.17, 15) is 18.0 Å². The molecular formula is C16H13F3N4O. The lowest BCUT2D eigenvalue weighted by Crippen LogP contribution is -2.28. The van der Waals surface area contributed by atoms with Gasteiger partial charge in [-0.3, -0.25) is 5.10 Å². The number of halogens is 3. The van der Waals surface area contributed by atoms with Crippen LogP contribution in [-0.4, -0.2) is 16.2 Å². The number of hydrogen-bond donors (Lipinski definition) is 3. The summed E-state index contributed by atoms with van der Waals surface area (Å²) >= 11 is 0. The largest absolute Gasteiger partial charge is 0.416 e. The lowest BCUT2D eigenvalue weighted by atomic mass is 10.1. The first-order valence-corrected chi connectivity index (χ1v) is 7.06. The molecule has 0 aliphatic rings. The Hall–Kier alpha value is -3.03. The average molecular weight is 334 g/mol. The zero-order valence-corrected chi connectivity index (χ0v) is 12.3. The molecule has 0 radical (unpaired) electrons. The number of aromatic amines is 1. The predicted molar refractivity (Wildman–Crippen MR) is 83.4 cm³/mol. The van der Waals surface area contributed by atoms with Crippen LogP contribution in [0.15, 0.2) is 48.7 Å². The molecule has 2 amide bonds. The number of rotatable bonds is 3. The second kappa shape index (κ2) is 6.23. The number of carbonyl (C=O) groups is 1. The van der Waals surface area contributed by atoms with Crippen molar-refractivity contribution < 1.29 is 18.0 Å². The average Bonchev–Trinajstić information content (AvgIpc) is 3.02. The first-order valence-electron chi connectivity index (χ1n) is 7.06. The Bertz CT molecular complexity index is 856. The van der Waals surface area contributed by atoms with Gasteiger partial charge in [0.05, 0.1) is 23.0 Å². The zero-order chi connectivity index (χ0) is 17.2. The third kappa shape index (κ3) is 3.48. The molecule has 24 heavy (non-hydrogen) atoms. The molecule has 1 aromatic heterocycles. The van der Waals surface area contributed by atoms with Gasteiger partial charge in [-0.05, 0) is 29.8 Å². The van der Waals surface area contributed by atoms with Crippen molar-refractivity contribution in [1.29, 1.82) is 0 Å².